The maximum atomic E-state index is 12.7. The Morgan fingerprint density at radius 1 is 1.23 bits per heavy atom. The van der Waals surface area contributed by atoms with E-state index < -0.39 is 10.0 Å². The van der Waals surface area contributed by atoms with E-state index in [1.54, 1.807) is 40.9 Å². The van der Waals surface area contributed by atoms with Crippen LogP contribution in [0.25, 0.3) is 5.65 Å². The molecule has 0 aromatic carbocycles. The maximum absolute atomic E-state index is 12.7. The molecule has 0 radical (unpaired) electrons. The number of piperazine rings is 1. The molecular weight excluding hydrogens is 442 g/mol. The topological polar surface area (TPSA) is 87.9 Å². The van der Waals surface area contributed by atoms with Crippen molar-refractivity contribution in [2.75, 3.05) is 26.2 Å². The third kappa shape index (κ3) is 3.15. The van der Waals surface area contributed by atoms with Gasteiger partial charge in [0, 0.05) is 44.6 Å². The molecule has 0 bridgehead atoms. The summed E-state index contributed by atoms with van der Waals surface area (Å²) in [5.41, 5.74) is 0.876. The Hall–Kier alpha value is -1.82. The molecule has 0 unspecified atom stereocenters. The molecule has 11 heteroatoms. The van der Waals surface area contributed by atoms with E-state index in [2.05, 4.69) is 26.0 Å². The molecule has 3 aromatic heterocycles. The first-order valence-corrected chi connectivity index (χ1v) is 10.9. The second kappa shape index (κ2) is 6.72. The highest BCUT2D eigenvalue weighted by Gasteiger charge is 2.31. The van der Waals surface area contributed by atoms with Crippen LogP contribution in [0.4, 0.5) is 0 Å². The Bertz CT molecular complexity index is 1060. The molecule has 1 fully saturated rings. The number of carbonyl (C=O) groups excluding carboxylic acids is 1. The molecule has 3 aromatic rings. The van der Waals surface area contributed by atoms with Crippen LogP contribution in [0.5, 0.6) is 0 Å². The van der Waals surface area contributed by atoms with Crippen molar-refractivity contribution in [1.82, 2.24) is 23.8 Å². The fourth-order valence-corrected chi connectivity index (χ4v) is 5.65. The molecule has 26 heavy (non-hydrogen) atoms. The number of nitrogens with zero attached hydrogens (tertiary/aromatic N) is 5. The molecule has 1 aliphatic heterocycles. The molecule has 0 spiro atoms. The van der Waals surface area contributed by atoms with Gasteiger partial charge in [0.2, 0.25) is 0 Å². The first kappa shape index (κ1) is 17.6. The Morgan fingerprint density at radius 3 is 2.69 bits per heavy atom. The number of hydrogen-bond acceptors (Lipinski definition) is 6. The second-order valence-corrected chi connectivity index (χ2v) is 9.76. The minimum Gasteiger partial charge on any atom is -0.335 e. The van der Waals surface area contributed by atoms with Gasteiger partial charge in [0.25, 0.3) is 15.9 Å². The van der Waals surface area contributed by atoms with E-state index in [9.17, 15) is 13.2 Å². The summed E-state index contributed by atoms with van der Waals surface area (Å²) in [5, 5.41) is 6.00. The zero-order chi connectivity index (χ0) is 18.3. The van der Waals surface area contributed by atoms with Crippen LogP contribution in [0.1, 0.15) is 10.5 Å². The summed E-state index contributed by atoms with van der Waals surface area (Å²) in [4.78, 5) is 18.5. The molecule has 8 nitrogen and oxygen atoms in total. The van der Waals surface area contributed by atoms with Crippen molar-refractivity contribution in [1.29, 1.82) is 0 Å². The van der Waals surface area contributed by atoms with Gasteiger partial charge in [-0.3, -0.25) is 4.79 Å². The average molecular weight is 456 g/mol. The number of fused-ring (bicyclic) bond motifs is 1. The molecule has 0 N–H and O–H groups in total. The van der Waals surface area contributed by atoms with Crippen LogP contribution in [0.2, 0.25) is 0 Å². The van der Waals surface area contributed by atoms with Crippen LogP contribution in [-0.4, -0.2) is 64.3 Å². The third-order valence-corrected chi connectivity index (χ3v) is 7.80. The van der Waals surface area contributed by atoms with E-state index in [0.29, 0.717) is 28.6 Å². The summed E-state index contributed by atoms with van der Waals surface area (Å²) in [6.07, 6.45) is 3.37. The van der Waals surface area contributed by atoms with E-state index in [0.717, 1.165) is 4.47 Å². The van der Waals surface area contributed by atoms with Gasteiger partial charge in [-0.25, -0.2) is 17.9 Å². The van der Waals surface area contributed by atoms with E-state index in [1.165, 1.54) is 20.2 Å². The van der Waals surface area contributed by atoms with E-state index in [-0.39, 0.29) is 19.0 Å². The summed E-state index contributed by atoms with van der Waals surface area (Å²) < 4.78 is 29.1. The zero-order valence-electron chi connectivity index (χ0n) is 13.4. The molecular formula is C15H14BrN5O3S2. The number of thiophene rings is 1. The van der Waals surface area contributed by atoms with Crippen molar-refractivity contribution in [2.45, 2.75) is 4.21 Å². The molecule has 0 atom stereocenters. The fraction of sp³-hybridized carbons (Fsp3) is 0.267. The third-order valence-electron chi connectivity index (χ3n) is 4.12. The number of halogens is 1. The number of hydrogen-bond donors (Lipinski definition) is 0. The highest BCUT2D eigenvalue weighted by molar-refractivity contribution is 9.10. The number of rotatable bonds is 3. The number of aromatic nitrogens is 3. The van der Waals surface area contributed by atoms with Crippen molar-refractivity contribution in [2.24, 2.45) is 0 Å². The minimum atomic E-state index is -3.48. The van der Waals surface area contributed by atoms with Crippen molar-refractivity contribution in [3.05, 3.63) is 46.1 Å². The standard InChI is InChI=1S/C15H14BrN5O3S2/c16-11-9-17-13-8-12(18-21(13)10-11)15(22)19-3-5-20(6-4-19)26(23,24)14-2-1-7-25-14/h1-2,7-10H,3-6H2. The predicted octanol–water partition coefficient (Wildman–Crippen LogP) is 1.70. The normalized spacial score (nSPS) is 16.3. The second-order valence-electron chi connectivity index (χ2n) is 5.73. The maximum Gasteiger partial charge on any atom is 0.274 e. The Labute approximate surface area is 162 Å². The molecule has 0 aliphatic carbocycles. The van der Waals surface area contributed by atoms with Gasteiger partial charge in [0.1, 0.15) is 4.21 Å². The van der Waals surface area contributed by atoms with Crippen LogP contribution in [-0.2, 0) is 10.0 Å². The molecule has 4 rings (SSSR count). The van der Waals surface area contributed by atoms with Gasteiger partial charge in [-0.05, 0) is 27.4 Å². The molecule has 136 valence electrons. The van der Waals surface area contributed by atoms with Crippen molar-refractivity contribution in [3.63, 3.8) is 0 Å². The quantitative estimate of drug-likeness (QED) is 0.599. The van der Waals surface area contributed by atoms with Crippen molar-refractivity contribution < 1.29 is 13.2 Å². The van der Waals surface area contributed by atoms with Gasteiger partial charge in [0.15, 0.2) is 11.3 Å². The zero-order valence-corrected chi connectivity index (χ0v) is 16.7. The molecule has 1 saturated heterocycles. The van der Waals surface area contributed by atoms with Gasteiger partial charge in [0.05, 0.1) is 4.47 Å². The fourth-order valence-electron chi connectivity index (χ4n) is 2.79. The van der Waals surface area contributed by atoms with Crippen LogP contribution >= 0.6 is 27.3 Å². The van der Waals surface area contributed by atoms with Gasteiger partial charge in [-0.15, -0.1) is 11.3 Å². The lowest BCUT2D eigenvalue weighted by atomic mass is 10.3. The number of carbonyl (C=O) groups is 1. The number of sulfonamides is 1. The average Bonchev–Trinajstić information content (AvgIpc) is 3.31. The monoisotopic (exact) mass is 455 g/mol. The first-order valence-electron chi connectivity index (χ1n) is 7.79. The van der Waals surface area contributed by atoms with Crippen LogP contribution < -0.4 is 0 Å². The Kier molecular flexibility index (Phi) is 4.55. The molecule has 0 saturated carbocycles. The van der Waals surface area contributed by atoms with Crippen LogP contribution in [0.15, 0.2) is 44.7 Å². The first-order chi connectivity index (χ1) is 12.4. The smallest absolute Gasteiger partial charge is 0.274 e. The summed E-state index contributed by atoms with van der Waals surface area (Å²) in [6.45, 7) is 1.19. The van der Waals surface area contributed by atoms with Gasteiger partial charge < -0.3 is 4.90 Å². The van der Waals surface area contributed by atoms with Gasteiger partial charge in [-0.2, -0.15) is 9.40 Å². The Morgan fingerprint density at radius 2 is 2.00 bits per heavy atom. The molecule has 1 amide bonds. The summed E-state index contributed by atoms with van der Waals surface area (Å²) in [6, 6.07) is 4.94. The lowest BCUT2D eigenvalue weighted by Gasteiger charge is -2.33. The summed E-state index contributed by atoms with van der Waals surface area (Å²) in [7, 11) is -3.48. The lowest BCUT2D eigenvalue weighted by molar-refractivity contribution is 0.0691. The van der Waals surface area contributed by atoms with E-state index >= 15 is 0 Å². The van der Waals surface area contributed by atoms with E-state index in [4.69, 9.17) is 0 Å². The largest absolute Gasteiger partial charge is 0.335 e. The highest BCUT2D eigenvalue weighted by atomic mass is 79.9. The van der Waals surface area contributed by atoms with Gasteiger partial charge in [-0.1, -0.05) is 6.07 Å². The van der Waals surface area contributed by atoms with E-state index in [1.807, 2.05) is 0 Å². The van der Waals surface area contributed by atoms with Crippen LogP contribution in [0.3, 0.4) is 0 Å². The predicted molar refractivity (Wildman–Crippen MR) is 99.7 cm³/mol. The molecule has 1 aliphatic rings. The minimum absolute atomic E-state index is 0.222. The Balaban J connectivity index is 1.48. The van der Waals surface area contributed by atoms with Crippen LogP contribution in [0, 0.1) is 0 Å². The molecule has 4 heterocycles. The lowest BCUT2D eigenvalue weighted by Crippen LogP contribution is -2.50. The van der Waals surface area contributed by atoms with Crippen molar-refractivity contribution in [3.8, 4) is 0 Å². The van der Waals surface area contributed by atoms with Crippen molar-refractivity contribution >= 4 is 48.8 Å². The number of amides is 1. The SMILES string of the molecule is O=C(c1cc2ncc(Br)cn2n1)N1CCN(S(=O)(=O)c2cccs2)CC1. The van der Waals surface area contributed by atoms with Gasteiger partial charge >= 0.3 is 0 Å². The highest BCUT2D eigenvalue weighted by Crippen LogP contribution is 2.22. The summed E-state index contributed by atoms with van der Waals surface area (Å²) in [5.74, 6) is -0.222. The summed E-state index contributed by atoms with van der Waals surface area (Å²) >= 11 is 4.51.